The molecule has 2 aliphatic heterocycles. The first-order chi connectivity index (χ1) is 13.0. The molecule has 1 N–H and O–H groups in total. The molecule has 1 unspecified atom stereocenters. The van der Waals surface area contributed by atoms with Crippen molar-refractivity contribution in [3.63, 3.8) is 0 Å². The van der Waals surface area contributed by atoms with Gasteiger partial charge in [0.2, 0.25) is 5.91 Å². The first-order valence-corrected chi connectivity index (χ1v) is 9.58. The van der Waals surface area contributed by atoms with Crippen LogP contribution < -0.4 is 0 Å². The molecular formula is C19H20F3N3OS. The predicted octanol–water partition coefficient (Wildman–Crippen LogP) is 3.86. The van der Waals surface area contributed by atoms with Gasteiger partial charge >= 0.3 is 0 Å². The van der Waals surface area contributed by atoms with Gasteiger partial charge in [0.15, 0.2) is 16.4 Å². The fourth-order valence-electron chi connectivity index (χ4n) is 4.17. The minimum Gasteiger partial charge on any atom is -0.343 e. The topological polar surface area (TPSA) is 41.0 Å². The van der Waals surface area contributed by atoms with Gasteiger partial charge in [-0.2, -0.15) is 0 Å². The van der Waals surface area contributed by atoms with Crippen LogP contribution in [0.2, 0.25) is 0 Å². The zero-order chi connectivity index (χ0) is 19.1. The van der Waals surface area contributed by atoms with Crippen LogP contribution in [0.15, 0.2) is 12.1 Å². The van der Waals surface area contributed by atoms with E-state index >= 15 is 0 Å². The SMILES string of the molecule is O=C(CCc1[nH]c(=S)n2c1CC(c1c(F)ccc(F)c1F)C2)N1CCCC1. The zero-order valence-electron chi connectivity index (χ0n) is 14.7. The smallest absolute Gasteiger partial charge is 0.222 e. The highest BCUT2D eigenvalue weighted by atomic mass is 32.1. The molecule has 1 saturated heterocycles. The summed E-state index contributed by atoms with van der Waals surface area (Å²) in [6.07, 6.45) is 3.32. The van der Waals surface area contributed by atoms with E-state index < -0.39 is 23.4 Å². The number of amides is 1. The molecule has 0 spiro atoms. The van der Waals surface area contributed by atoms with Crippen LogP contribution in [-0.2, 0) is 24.2 Å². The maximum atomic E-state index is 14.2. The van der Waals surface area contributed by atoms with Crippen LogP contribution in [0.4, 0.5) is 13.2 Å². The number of carbonyl (C=O) groups excluding carboxylic acids is 1. The van der Waals surface area contributed by atoms with Crippen molar-refractivity contribution in [2.75, 3.05) is 13.1 Å². The van der Waals surface area contributed by atoms with Gasteiger partial charge in [-0.1, -0.05) is 0 Å². The van der Waals surface area contributed by atoms with Crippen molar-refractivity contribution in [3.05, 3.63) is 51.3 Å². The first kappa shape index (κ1) is 18.3. The number of nitrogens with zero attached hydrogens (tertiary/aromatic N) is 2. The number of likely N-dealkylation sites (tertiary alicyclic amines) is 1. The molecule has 2 aromatic rings. The summed E-state index contributed by atoms with van der Waals surface area (Å²) >= 11 is 5.33. The Morgan fingerprint density at radius 1 is 1.19 bits per heavy atom. The van der Waals surface area contributed by atoms with Gasteiger partial charge in [0.05, 0.1) is 0 Å². The number of aromatic nitrogens is 2. The van der Waals surface area contributed by atoms with Crippen LogP contribution in [0.5, 0.6) is 0 Å². The van der Waals surface area contributed by atoms with Crippen molar-refractivity contribution >= 4 is 18.1 Å². The van der Waals surface area contributed by atoms with E-state index in [2.05, 4.69) is 4.98 Å². The van der Waals surface area contributed by atoms with E-state index in [1.165, 1.54) is 0 Å². The fourth-order valence-corrected chi connectivity index (χ4v) is 4.48. The Hall–Kier alpha value is -2.09. The molecule has 1 amide bonds. The molecule has 144 valence electrons. The van der Waals surface area contributed by atoms with Crippen molar-refractivity contribution in [1.82, 2.24) is 14.5 Å². The summed E-state index contributed by atoms with van der Waals surface area (Å²) in [7, 11) is 0. The highest BCUT2D eigenvalue weighted by molar-refractivity contribution is 7.71. The van der Waals surface area contributed by atoms with Gasteiger partial charge in [-0.3, -0.25) is 4.79 Å². The van der Waals surface area contributed by atoms with Crippen molar-refractivity contribution in [2.24, 2.45) is 0 Å². The van der Waals surface area contributed by atoms with Gasteiger partial charge in [-0.25, -0.2) is 13.2 Å². The number of imidazole rings is 1. The van der Waals surface area contributed by atoms with E-state index in [1.54, 1.807) is 4.57 Å². The Labute approximate surface area is 160 Å². The van der Waals surface area contributed by atoms with Crippen molar-refractivity contribution in [2.45, 2.75) is 44.6 Å². The number of fused-ring (bicyclic) bond motifs is 1. The Morgan fingerprint density at radius 2 is 1.89 bits per heavy atom. The fraction of sp³-hybridized carbons (Fsp3) is 0.474. The minimum absolute atomic E-state index is 0.114. The zero-order valence-corrected chi connectivity index (χ0v) is 15.6. The molecule has 0 aliphatic carbocycles. The van der Waals surface area contributed by atoms with Crippen molar-refractivity contribution in [1.29, 1.82) is 0 Å². The Morgan fingerprint density at radius 3 is 2.63 bits per heavy atom. The average molecular weight is 395 g/mol. The summed E-state index contributed by atoms with van der Waals surface area (Å²) in [5.41, 5.74) is 1.45. The molecule has 0 radical (unpaired) electrons. The summed E-state index contributed by atoms with van der Waals surface area (Å²) in [4.78, 5) is 17.3. The van der Waals surface area contributed by atoms with Crippen LogP contribution in [0.25, 0.3) is 0 Å². The molecule has 1 atom stereocenters. The number of aromatic amines is 1. The minimum atomic E-state index is -1.13. The van der Waals surface area contributed by atoms with Gasteiger partial charge in [0, 0.05) is 48.9 Å². The summed E-state index contributed by atoms with van der Waals surface area (Å²) in [5.74, 6) is -3.33. The molecule has 8 heteroatoms. The number of carbonyl (C=O) groups is 1. The van der Waals surface area contributed by atoms with Crippen molar-refractivity contribution in [3.8, 4) is 0 Å². The third-order valence-electron chi connectivity index (χ3n) is 5.56. The quantitative estimate of drug-likeness (QED) is 0.631. The van der Waals surface area contributed by atoms with Crippen molar-refractivity contribution < 1.29 is 18.0 Å². The second-order valence-electron chi connectivity index (χ2n) is 7.21. The highest BCUT2D eigenvalue weighted by Gasteiger charge is 2.32. The molecule has 2 aliphatic rings. The lowest BCUT2D eigenvalue weighted by Crippen LogP contribution is -2.27. The van der Waals surface area contributed by atoms with Crippen LogP contribution >= 0.6 is 12.2 Å². The Balaban J connectivity index is 1.53. The molecule has 1 fully saturated rings. The number of aryl methyl sites for hydroxylation is 1. The summed E-state index contributed by atoms with van der Waals surface area (Å²) in [6.45, 7) is 1.91. The number of nitrogens with one attached hydrogen (secondary N) is 1. The number of benzene rings is 1. The average Bonchev–Trinajstić information content (AvgIpc) is 3.36. The van der Waals surface area contributed by atoms with Crippen LogP contribution in [0.1, 0.15) is 42.1 Å². The van der Waals surface area contributed by atoms with Gasteiger partial charge in [0.1, 0.15) is 5.82 Å². The Kier molecular flexibility index (Phi) is 4.84. The predicted molar refractivity (Wildman–Crippen MR) is 96.5 cm³/mol. The maximum Gasteiger partial charge on any atom is 0.222 e. The van der Waals surface area contributed by atoms with Crippen LogP contribution in [0.3, 0.4) is 0 Å². The van der Waals surface area contributed by atoms with E-state index in [1.807, 2.05) is 4.90 Å². The molecule has 3 heterocycles. The van der Waals surface area contributed by atoms with E-state index in [0.717, 1.165) is 49.5 Å². The van der Waals surface area contributed by atoms with Gasteiger partial charge in [-0.15, -0.1) is 0 Å². The first-order valence-electron chi connectivity index (χ1n) is 9.17. The molecule has 1 aromatic heterocycles. The molecular weight excluding hydrogens is 375 g/mol. The lowest BCUT2D eigenvalue weighted by Gasteiger charge is -2.15. The second-order valence-corrected chi connectivity index (χ2v) is 7.60. The Bertz CT molecular complexity index is 946. The highest BCUT2D eigenvalue weighted by Crippen LogP contribution is 2.35. The molecule has 0 saturated carbocycles. The third kappa shape index (κ3) is 3.31. The molecule has 1 aromatic carbocycles. The molecule has 0 bridgehead atoms. The number of hydrogen-bond donors (Lipinski definition) is 1. The maximum absolute atomic E-state index is 14.2. The summed E-state index contributed by atoms with van der Waals surface area (Å²) in [6, 6.07) is 1.75. The largest absolute Gasteiger partial charge is 0.343 e. The van der Waals surface area contributed by atoms with Crippen LogP contribution in [0, 0.1) is 22.2 Å². The van der Waals surface area contributed by atoms with Gasteiger partial charge in [0.25, 0.3) is 0 Å². The van der Waals surface area contributed by atoms with E-state index in [-0.39, 0.29) is 11.5 Å². The normalized spacial score (nSPS) is 18.9. The number of rotatable bonds is 4. The lowest BCUT2D eigenvalue weighted by atomic mass is 9.95. The standard InChI is InChI=1S/C19H20F3N3OS/c20-12-3-4-13(21)18(22)17(12)11-9-15-14(23-19(27)25(15)10-11)5-6-16(26)24-7-1-2-8-24/h3-4,11H,1-2,5-10H2,(H,23,27). The van der Waals surface area contributed by atoms with E-state index in [4.69, 9.17) is 12.2 Å². The summed E-state index contributed by atoms with van der Waals surface area (Å²) < 4.78 is 44.1. The molecule has 4 rings (SSSR count). The van der Waals surface area contributed by atoms with Crippen LogP contribution in [-0.4, -0.2) is 33.4 Å². The molecule has 27 heavy (non-hydrogen) atoms. The van der Waals surface area contributed by atoms with E-state index in [0.29, 0.717) is 30.6 Å². The van der Waals surface area contributed by atoms with E-state index in [9.17, 15) is 18.0 Å². The second kappa shape index (κ2) is 7.14. The number of H-pyrrole nitrogens is 1. The number of halogens is 3. The lowest BCUT2D eigenvalue weighted by molar-refractivity contribution is -0.130. The monoisotopic (exact) mass is 395 g/mol. The van der Waals surface area contributed by atoms with Gasteiger partial charge < -0.3 is 14.5 Å². The van der Waals surface area contributed by atoms with Gasteiger partial charge in [-0.05, 0) is 50.0 Å². The molecule has 4 nitrogen and oxygen atoms in total. The third-order valence-corrected chi connectivity index (χ3v) is 5.88. The summed E-state index contributed by atoms with van der Waals surface area (Å²) in [5, 5.41) is 0. The number of hydrogen-bond acceptors (Lipinski definition) is 2.